The molecular formula is C15H18N6OS. The first-order valence-corrected chi connectivity index (χ1v) is 8.70. The van der Waals surface area contributed by atoms with Crippen molar-refractivity contribution in [2.45, 2.75) is 32.2 Å². The van der Waals surface area contributed by atoms with Gasteiger partial charge in [-0.05, 0) is 25.3 Å². The van der Waals surface area contributed by atoms with Crippen LogP contribution in [0.2, 0.25) is 0 Å². The highest BCUT2D eigenvalue weighted by molar-refractivity contribution is 7.20. The van der Waals surface area contributed by atoms with Crippen molar-refractivity contribution < 1.29 is 0 Å². The third kappa shape index (κ3) is 2.63. The summed E-state index contributed by atoms with van der Waals surface area (Å²) in [6.45, 7) is 3.83. The summed E-state index contributed by atoms with van der Waals surface area (Å²) in [4.78, 5) is 19.5. The number of hydrogen-bond acceptors (Lipinski definition) is 6. The molecule has 3 aromatic rings. The van der Waals surface area contributed by atoms with Crippen LogP contribution in [0.25, 0.3) is 4.96 Å². The van der Waals surface area contributed by atoms with Gasteiger partial charge in [0.25, 0.3) is 5.56 Å². The summed E-state index contributed by atoms with van der Waals surface area (Å²) in [5, 5.41) is 9.67. The molecule has 4 rings (SSSR count). The average molecular weight is 330 g/mol. The van der Waals surface area contributed by atoms with Crippen LogP contribution < -0.4 is 10.5 Å². The highest BCUT2D eigenvalue weighted by Gasteiger charge is 2.23. The molecule has 1 fully saturated rings. The molecule has 0 bridgehead atoms. The van der Waals surface area contributed by atoms with Crippen LogP contribution in [-0.2, 0) is 6.42 Å². The second-order valence-electron chi connectivity index (χ2n) is 5.72. The predicted octanol–water partition coefficient (Wildman–Crippen LogP) is 1.75. The van der Waals surface area contributed by atoms with Crippen LogP contribution in [-0.4, -0.2) is 37.5 Å². The molecule has 1 aliphatic rings. The van der Waals surface area contributed by atoms with Crippen molar-refractivity contribution in [3.63, 3.8) is 0 Å². The van der Waals surface area contributed by atoms with Gasteiger partial charge in [0.1, 0.15) is 0 Å². The van der Waals surface area contributed by atoms with Gasteiger partial charge in [-0.2, -0.15) is 9.61 Å². The molecule has 0 aromatic carbocycles. The number of hydrogen-bond donors (Lipinski definition) is 0. The molecule has 120 valence electrons. The summed E-state index contributed by atoms with van der Waals surface area (Å²) in [6.07, 6.45) is 6.66. The molecule has 0 spiro atoms. The highest BCUT2D eigenvalue weighted by Crippen LogP contribution is 2.28. The lowest BCUT2D eigenvalue weighted by molar-refractivity contribution is 0.366. The second kappa shape index (κ2) is 5.77. The molecule has 0 atom stereocenters. The van der Waals surface area contributed by atoms with E-state index >= 15 is 0 Å². The van der Waals surface area contributed by atoms with Gasteiger partial charge < -0.3 is 4.90 Å². The predicted molar refractivity (Wildman–Crippen MR) is 89.2 cm³/mol. The summed E-state index contributed by atoms with van der Waals surface area (Å²) in [5.74, 6) is 0. The first-order chi connectivity index (χ1) is 11.2. The molecule has 0 amide bonds. The lowest BCUT2D eigenvalue weighted by atomic mass is 10.1. The third-order valence-corrected chi connectivity index (χ3v) is 5.25. The Morgan fingerprint density at radius 3 is 2.87 bits per heavy atom. The van der Waals surface area contributed by atoms with Gasteiger partial charge in [-0.25, -0.2) is 4.98 Å². The zero-order valence-corrected chi connectivity index (χ0v) is 13.7. The van der Waals surface area contributed by atoms with E-state index in [0.29, 0.717) is 11.0 Å². The standard InChI is InChI=1S/C15H18N6OS/c1-2-11-10-13(22)21-14(17-11)23-15(18-21)19-8-4-12(5-9-19)20-7-3-6-16-20/h3,6-7,10,12H,2,4-5,8-9H2,1H3. The van der Waals surface area contributed by atoms with Gasteiger partial charge in [-0.15, -0.1) is 5.10 Å². The average Bonchev–Trinajstić information content (AvgIpc) is 3.24. The number of fused-ring (bicyclic) bond motifs is 1. The van der Waals surface area contributed by atoms with E-state index in [4.69, 9.17) is 0 Å². The van der Waals surface area contributed by atoms with Gasteiger partial charge >= 0.3 is 0 Å². The summed E-state index contributed by atoms with van der Waals surface area (Å²) >= 11 is 1.49. The number of rotatable bonds is 3. The lowest BCUT2D eigenvalue weighted by Crippen LogP contribution is -2.34. The minimum atomic E-state index is -0.0965. The fraction of sp³-hybridized carbons (Fsp3) is 0.467. The quantitative estimate of drug-likeness (QED) is 0.732. The summed E-state index contributed by atoms with van der Waals surface area (Å²) in [7, 11) is 0. The molecule has 0 radical (unpaired) electrons. The van der Waals surface area contributed by atoms with Crippen LogP contribution in [0.5, 0.6) is 0 Å². The minimum absolute atomic E-state index is 0.0965. The third-order valence-electron chi connectivity index (χ3n) is 4.28. The Balaban J connectivity index is 1.56. The molecule has 3 aromatic heterocycles. The van der Waals surface area contributed by atoms with Gasteiger partial charge in [0.15, 0.2) is 0 Å². The van der Waals surface area contributed by atoms with Gasteiger partial charge in [-0.1, -0.05) is 18.3 Å². The fourth-order valence-corrected chi connectivity index (χ4v) is 3.95. The maximum absolute atomic E-state index is 12.1. The molecule has 0 saturated carbocycles. The second-order valence-corrected chi connectivity index (χ2v) is 6.66. The van der Waals surface area contributed by atoms with Crippen molar-refractivity contribution in [3.05, 3.63) is 40.6 Å². The smallest absolute Gasteiger partial charge is 0.275 e. The van der Waals surface area contributed by atoms with Gasteiger partial charge in [0.2, 0.25) is 10.1 Å². The van der Waals surface area contributed by atoms with E-state index in [1.165, 1.54) is 15.9 Å². The lowest BCUT2D eigenvalue weighted by Gasteiger charge is -2.31. The first-order valence-electron chi connectivity index (χ1n) is 7.88. The Morgan fingerprint density at radius 2 is 2.17 bits per heavy atom. The van der Waals surface area contributed by atoms with Crippen LogP contribution in [0, 0.1) is 0 Å². The molecule has 8 heteroatoms. The molecule has 1 aliphatic heterocycles. The Morgan fingerprint density at radius 1 is 1.35 bits per heavy atom. The normalized spacial score (nSPS) is 16.3. The van der Waals surface area contributed by atoms with Crippen LogP contribution in [0.15, 0.2) is 29.3 Å². The van der Waals surface area contributed by atoms with E-state index in [2.05, 4.69) is 20.1 Å². The van der Waals surface area contributed by atoms with Gasteiger partial charge in [0, 0.05) is 37.2 Å². The minimum Gasteiger partial charge on any atom is -0.346 e. The van der Waals surface area contributed by atoms with Crippen LogP contribution in [0.3, 0.4) is 0 Å². The maximum Gasteiger partial charge on any atom is 0.275 e. The van der Waals surface area contributed by atoms with E-state index in [1.807, 2.05) is 30.1 Å². The SMILES string of the molecule is CCc1cc(=O)n2nc(N3CCC(n4cccn4)CC3)sc2n1. The van der Waals surface area contributed by atoms with Crippen molar-refractivity contribution in [2.75, 3.05) is 18.0 Å². The molecular weight excluding hydrogens is 312 g/mol. The maximum atomic E-state index is 12.1. The van der Waals surface area contributed by atoms with Crippen molar-refractivity contribution in [1.29, 1.82) is 0 Å². The monoisotopic (exact) mass is 330 g/mol. The highest BCUT2D eigenvalue weighted by atomic mass is 32.1. The van der Waals surface area contributed by atoms with E-state index in [-0.39, 0.29) is 5.56 Å². The van der Waals surface area contributed by atoms with Crippen molar-refractivity contribution in [2.24, 2.45) is 0 Å². The zero-order valence-electron chi connectivity index (χ0n) is 12.9. The molecule has 7 nitrogen and oxygen atoms in total. The van der Waals surface area contributed by atoms with E-state index < -0.39 is 0 Å². The largest absolute Gasteiger partial charge is 0.346 e. The molecule has 4 heterocycles. The van der Waals surface area contributed by atoms with E-state index in [9.17, 15) is 4.79 Å². The van der Waals surface area contributed by atoms with Crippen molar-refractivity contribution in [3.8, 4) is 0 Å². The summed E-state index contributed by atoms with van der Waals surface area (Å²) in [5.41, 5.74) is 0.725. The number of piperidine rings is 1. The van der Waals surface area contributed by atoms with E-state index in [1.54, 1.807) is 6.07 Å². The Hall–Kier alpha value is -2.22. The topological polar surface area (TPSA) is 68.3 Å². The van der Waals surface area contributed by atoms with Crippen molar-refractivity contribution in [1.82, 2.24) is 24.4 Å². The van der Waals surface area contributed by atoms with Crippen molar-refractivity contribution >= 4 is 21.4 Å². The Labute approximate surface area is 137 Å². The van der Waals surface area contributed by atoms with Crippen LogP contribution >= 0.6 is 11.3 Å². The zero-order chi connectivity index (χ0) is 15.8. The van der Waals surface area contributed by atoms with E-state index in [0.717, 1.165) is 43.2 Å². The molecule has 1 saturated heterocycles. The molecule has 23 heavy (non-hydrogen) atoms. The van der Waals surface area contributed by atoms with Gasteiger partial charge in [-0.3, -0.25) is 9.48 Å². The number of anilines is 1. The summed E-state index contributed by atoms with van der Waals surface area (Å²) in [6, 6.07) is 3.98. The summed E-state index contributed by atoms with van der Waals surface area (Å²) < 4.78 is 3.45. The molecule has 0 unspecified atom stereocenters. The van der Waals surface area contributed by atoms with Gasteiger partial charge in [0.05, 0.1) is 6.04 Å². The van der Waals surface area contributed by atoms with Crippen LogP contribution in [0.4, 0.5) is 5.13 Å². The molecule has 0 aliphatic carbocycles. The molecule has 0 N–H and O–H groups in total. The fourth-order valence-electron chi connectivity index (χ4n) is 2.97. The number of aryl methyl sites for hydroxylation is 1. The Bertz CT molecular complexity index is 860. The first kappa shape index (κ1) is 14.4. The number of aromatic nitrogens is 5. The number of nitrogens with zero attached hydrogens (tertiary/aromatic N) is 6. The Kier molecular flexibility index (Phi) is 3.60. The van der Waals surface area contributed by atoms with Crippen LogP contribution in [0.1, 0.15) is 31.5 Å².